The molecule has 1 fully saturated rings. The van der Waals surface area contributed by atoms with Crippen molar-refractivity contribution in [1.29, 1.82) is 0 Å². The van der Waals surface area contributed by atoms with Crippen LogP contribution in [0.25, 0.3) is 11.0 Å². The summed E-state index contributed by atoms with van der Waals surface area (Å²) in [6.45, 7) is 4.08. The Balaban J connectivity index is 2.21. The Morgan fingerprint density at radius 1 is 1.25 bits per heavy atom. The van der Waals surface area contributed by atoms with Crippen molar-refractivity contribution in [3.8, 4) is 5.75 Å². The van der Waals surface area contributed by atoms with E-state index in [1.807, 2.05) is 13.8 Å². The van der Waals surface area contributed by atoms with E-state index in [0.717, 1.165) is 31.4 Å². The summed E-state index contributed by atoms with van der Waals surface area (Å²) in [5, 5.41) is 18.3. The van der Waals surface area contributed by atoms with Crippen LogP contribution in [-0.4, -0.2) is 20.3 Å². The number of aromatic hydroxyl groups is 1. The highest BCUT2D eigenvalue weighted by Gasteiger charge is 2.25. The summed E-state index contributed by atoms with van der Waals surface area (Å²) < 4.78 is 0. The van der Waals surface area contributed by atoms with Gasteiger partial charge in [-0.2, -0.15) is 5.10 Å². The van der Waals surface area contributed by atoms with E-state index in [4.69, 9.17) is 0 Å². The molecule has 20 heavy (non-hydrogen) atoms. The number of pyridine rings is 1. The number of aromatic amines is 2. The molecule has 2 aromatic heterocycles. The van der Waals surface area contributed by atoms with Crippen LogP contribution in [-0.2, 0) is 0 Å². The van der Waals surface area contributed by atoms with E-state index in [1.165, 1.54) is 6.42 Å². The van der Waals surface area contributed by atoms with Crippen LogP contribution in [0.2, 0.25) is 0 Å². The first-order valence-electron chi connectivity index (χ1n) is 7.42. The molecule has 5 nitrogen and oxygen atoms in total. The third-order valence-electron chi connectivity index (χ3n) is 4.35. The topological polar surface area (TPSA) is 81.8 Å². The van der Waals surface area contributed by atoms with E-state index in [9.17, 15) is 9.90 Å². The predicted octanol–water partition coefficient (Wildman–Crippen LogP) is 3.13. The molecule has 0 radical (unpaired) electrons. The van der Waals surface area contributed by atoms with E-state index in [2.05, 4.69) is 15.2 Å². The minimum absolute atomic E-state index is 0.133. The van der Waals surface area contributed by atoms with Crippen LogP contribution < -0.4 is 5.56 Å². The lowest BCUT2D eigenvalue weighted by molar-refractivity contribution is 0.414. The molecule has 1 aliphatic rings. The van der Waals surface area contributed by atoms with E-state index in [-0.39, 0.29) is 23.1 Å². The SMILES string of the molecule is CC(C)c1[nH]nc2[nH]c(=O)c(C3CCCCC3)c(O)c12. The van der Waals surface area contributed by atoms with Gasteiger partial charge in [0.1, 0.15) is 5.75 Å². The second kappa shape index (κ2) is 4.96. The standard InChI is InChI=1S/C15H21N3O2/c1-8(2)12-11-13(19)10(9-6-4-3-5-7-9)15(20)16-14(11)18-17-12/h8-9H,3-7H2,1-2H3,(H3,16,17,18,19,20). The molecule has 0 bridgehead atoms. The van der Waals surface area contributed by atoms with Crippen molar-refractivity contribution in [1.82, 2.24) is 15.2 Å². The van der Waals surface area contributed by atoms with Crippen LogP contribution in [0.5, 0.6) is 5.75 Å². The highest BCUT2D eigenvalue weighted by molar-refractivity contribution is 5.86. The molecule has 3 N–H and O–H groups in total. The Morgan fingerprint density at radius 2 is 1.95 bits per heavy atom. The molecule has 2 aromatic rings. The molecule has 108 valence electrons. The summed E-state index contributed by atoms with van der Waals surface area (Å²) >= 11 is 0. The molecule has 0 spiro atoms. The normalized spacial score (nSPS) is 17.1. The zero-order valence-corrected chi connectivity index (χ0v) is 12.0. The minimum atomic E-state index is -0.191. The first-order valence-corrected chi connectivity index (χ1v) is 7.42. The van der Waals surface area contributed by atoms with Gasteiger partial charge in [-0.05, 0) is 24.7 Å². The molecule has 0 aromatic carbocycles. The number of nitrogens with one attached hydrogen (secondary N) is 2. The first kappa shape index (κ1) is 13.2. The van der Waals surface area contributed by atoms with Crippen LogP contribution in [0.15, 0.2) is 4.79 Å². The Kier molecular flexibility index (Phi) is 3.28. The van der Waals surface area contributed by atoms with Gasteiger partial charge in [-0.3, -0.25) is 9.89 Å². The fourth-order valence-electron chi connectivity index (χ4n) is 3.29. The van der Waals surface area contributed by atoms with Gasteiger partial charge in [0.05, 0.1) is 16.6 Å². The first-order chi connectivity index (χ1) is 9.59. The Labute approximate surface area is 117 Å². The molecule has 0 atom stereocenters. The molecule has 0 saturated heterocycles. The van der Waals surface area contributed by atoms with Crippen LogP contribution in [0.3, 0.4) is 0 Å². The largest absolute Gasteiger partial charge is 0.507 e. The van der Waals surface area contributed by atoms with E-state index >= 15 is 0 Å². The van der Waals surface area contributed by atoms with Crippen molar-refractivity contribution < 1.29 is 5.11 Å². The Hall–Kier alpha value is -1.78. The highest BCUT2D eigenvalue weighted by Crippen LogP contribution is 2.39. The fourth-order valence-corrected chi connectivity index (χ4v) is 3.29. The maximum Gasteiger partial charge on any atom is 0.256 e. The highest BCUT2D eigenvalue weighted by atomic mass is 16.3. The van der Waals surface area contributed by atoms with Gasteiger partial charge < -0.3 is 10.1 Å². The van der Waals surface area contributed by atoms with Crippen molar-refractivity contribution >= 4 is 11.0 Å². The summed E-state index contributed by atoms with van der Waals surface area (Å²) in [5.74, 6) is 0.524. The smallest absolute Gasteiger partial charge is 0.256 e. The average molecular weight is 275 g/mol. The fraction of sp³-hybridized carbons (Fsp3) is 0.600. The summed E-state index contributed by atoms with van der Waals surface area (Å²) in [4.78, 5) is 15.1. The van der Waals surface area contributed by atoms with Crippen molar-refractivity contribution in [2.24, 2.45) is 0 Å². The van der Waals surface area contributed by atoms with Gasteiger partial charge in [-0.1, -0.05) is 33.1 Å². The molecular weight excluding hydrogens is 254 g/mol. The number of hydrogen-bond donors (Lipinski definition) is 3. The molecular formula is C15H21N3O2. The van der Waals surface area contributed by atoms with Crippen molar-refractivity contribution in [2.45, 2.75) is 57.8 Å². The number of fused-ring (bicyclic) bond motifs is 1. The van der Waals surface area contributed by atoms with E-state index < -0.39 is 0 Å². The lowest BCUT2D eigenvalue weighted by atomic mass is 9.83. The zero-order chi connectivity index (χ0) is 14.3. The quantitative estimate of drug-likeness (QED) is 0.787. The molecule has 2 heterocycles. The second-order valence-corrected chi connectivity index (χ2v) is 6.07. The third kappa shape index (κ3) is 2.01. The van der Waals surface area contributed by atoms with Crippen LogP contribution in [0.1, 0.15) is 69.0 Å². The number of nitrogens with zero attached hydrogens (tertiary/aromatic N) is 1. The van der Waals surface area contributed by atoms with Crippen molar-refractivity contribution in [3.63, 3.8) is 0 Å². The van der Waals surface area contributed by atoms with Gasteiger partial charge >= 0.3 is 0 Å². The lowest BCUT2D eigenvalue weighted by Gasteiger charge is -2.22. The van der Waals surface area contributed by atoms with Gasteiger partial charge in [-0.15, -0.1) is 0 Å². The summed E-state index contributed by atoms with van der Waals surface area (Å²) in [7, 11) is 0. The number of rotatable bonds is 2. The molecule has 3 rings (SSSR count). The van der Waals surface area contributed by atoms with Gasteiger partial charge in [0, 0.05) is 0 Å². The van der Waals surface area contributed by atoms with Gasteiger partial charge in [0.15, 0.2) is 5.65 Å². The van der Waals surface area contributed by atoms with E-state index in [1.54, 1.807) is 0 Å². The lowest BCUT2D eigenvalue weighted by Crippen LogP contribution is -2.18. The maximum atomic E-state index is 12.3. The number of H-pyrrole nitrogens is 2. The maximum absolute atomic E-state index is 12.3. The summed E-state index contributed by atoms with van der Waals surface area (Å²) in [6.07, 6.45) is 5.45. The van der Waals surface area contributed by atoms with Crippen molar-refractivity contribution in [2.75, 3.05) is 0 Å². The van der Waals surface area contributed by atoms with E-state index in [0.29, 0.717) is 16.6 Å². The van der Waals surface area contributed by atoms with Crippen LogP contribution >= 0.6 is 0 Å². The molecule has 1 saturated carbocycles. The second-order valence-electron chi connectivity index (χ2n) is 6.07. The minimum Gasteiger partial charge on any atom is -0.507 e. The summed E-state index contributed by atoms with van der Waals surface area (Å²) in [6, 6.07) is 0. The summed E-state index contributed by atoms with van der Waals surface area (Å²) in [5.41, 5.74) is 1.70. The number of hydrogen-bond acceptors (Lipinski definition) is 3. The van der Waals surface area contributed by atoms with Gasteiger partial charge in [0.25, 0.3) is 5.56 Å². The monoisotopic (exact) mass is 275 g/mol. The van der Waals surface area contributed by atoms with Crippen LogP contribution in [0, 0.1) is 0 Å². The molecule has 5 heteroatoms. The Morgan fingerprint density at radius 3 is 2.60 bits per heavy atom. The predicted molar refractivity (Wildman–Crippen MR) is 78.3 cm³/mol. The number of aromatic nitrogens is 3. The van der Waals surface area contributed by atoms with Crippen molar-refractivity contribution in [3.05, 3.63) is 21.6 Å². The van der Waals surface area contributed by atoms with Gasteiger partial charge in [0.2, 0.25) is 0 Å². The Bertz CT molecular complexity index is 678. The average Bonchev–Trinajstić information content (AvgIpc) is 2.84. The molecule has 0 amide bonds. The zero-order valence-electron chi connectivity index (χ0n) is 12.0. The van der Waals surface area contributed by atoms with Crippen LogP contribution in [0.4, 0.5) is 0 Å². The third-order valence-corrected chi connectivity index (χ3v) is 4.35. The molecule has 1 aliphatic carbocycles. The molecule has 0 aliphatic heterocycles. The molecule has 0 unspecified atom stereocenters. The van der Waals surface area contributed by atoms with Gasteiger partial charge in [-0.25, -0.2) is 0 Å².